The van der Waals surface area contributed by atoms with E-state index in [9.17, 15) is 5.11 Å². The largest absolute Gasteiger partial charge is 0.390 e. The van der Waals surface area contributed by atoms with Gasteiger partial charge in [0.2, 0.25) is 12.7 Å². The van der Waals surface area contributed by atoms with Gasteiger partial charge in [-0.2, -0.15) is 0 Å². The molecule has 0 saturated heterocycles. The molecule has 284 valence electrons. The average molecular weight is 691 g/mol. The molecule has 2 rings (SSSR count). The lowest BCUT2D eigenvalue weighted by molar-refractivity contribution is -0.696. The Morgan fingerprint density at radius 1 is 0.592 bits per heavy atom. The number of hydrogen-bond acceptors (Lipinski definition) is 7. The molecule has 2 heterocycles. The van der Waals surface area contributed by atoms with E-state index in [1.165, 1.54) is 77.0 Å². The highest BCUT2D eigenvalue weighted by Crippen LogP contribution is 2.11. The van der Waals surface area contributed by atoms with Crippen molar-refractivity contribution in [3.05, 3.63) is 37.4 Å². The Labute approximate surface area is 300 Å². The summed E-state index contributed by atoms with van der Waals surface area (Å²) in [5.41, 5.74) is 5.70. The van der Waals surface area contributed by atoms with Crippen molar-refractivity contribution < 1.29 is 14.2 Å². The Morgan fingerprint density at radius 2 is 1.02 bits per heavy atom. The van der Waals surface area contributed by atoms with Crippen LogP contribution in [0.2, 0.25) is 0 Å². The van der Waals surface area contributed by atoms with Crippen LogP contribution in [0.15, 0.2) is 37.4 Å². The summed E-state index contributed by atoms with van der Waals surface area (Å²) in [6.07, 6.45) is 32.1. The summed E-state index contributed by atoms with van der Waals surface area (Å²) in [4.78, 5) is 2.51. The van der Waals surface area contributed by atoms with Crippen LogP contribution in [0.3, 0.4) is 0 Å². The monoisotopic (exact) mass is 691 g/mol. The van der Waals surface area contributed by atoms with E-state index in [-0.39, 0.29) is 6.10 Å². The van der Waals surface area contributed by atoms with Gasteiger partial charge >= 0.3 is 0 Å². The third-order valence-corrected chi connectivity index (χ3v) is 9.36. The minimum Gasteiger partial charge on any atom is -0.390 e. The Hall–Kier alpha value is -1.86. The molecule has 0 aromatic carbocycles. The zero-order valence-corrected chi connectivity index (χ0v) is 31.8. The van der Waals surface area contributed by atoms with Crippen LogP contribution in [-0.4, -0.2) is 105 Å². The Balaban J connectivity index is 1.35. The van der Waals surface area contributed by atoms with Crippen molar-refractivity contribution in [3.8, 4) is 0 Å². The van der Waals surface area contributed by atoms with Gasteiger partial charge in [-0.15, -0.1) is 0 Å². The molecule has 49 heavy (non-hydrogen) atoms. The molecule has 2 aromatic rings. The average Bonchev–Trinajstić information content (AvgIpc) is 3.76. The van der Waals surface area contributed by atoms with Crippen molar-refractivity contribution >= 4 is 0 Å². The van der Waals surface area contributed by atoms with Crippen molar-refractivity contribution in [1.82, 2.24) is 35.3 Å². The first kappa shape index (κ1) is 43.3. The zero-order chi connectivity index (χ0) is 35.0. The predicted octanol–water partition coefficient (Wildman–Crippen LogP) is 2.66. The first-order valence-electron chi connectivity index (χ1n) is 20.1. The summed E-state index contributed by atoms with van der Waals surface area (Å²) in [6, 6.07) is 0. The summed E-state index contributed by atoms with van der Waals surface area (Å²) in [5, 5.41) is 23.6. The van der Waals surface area contributed by atoms with Gasteiger partial charge in [0.05, 0.1) is 32.3 Å². The van der Waals surface area contributed by atoms with Gasteiger partial charge in [-0.3, -0.25) is 0 Å². The highest BCUT2D eigenvalue weighted by Gasteiger charge is 2.08. The standard InChI is InChI=1S/C38H78N10O/c1-40-19-14-26-44(25-13-18-39)27-16-21-42-34-38(49)35-43-22-17-29-48-33-31-46(37-48)24-12-10-8-6-4-3-5-7-9-11-23-45-30-32-47(36-45)28-15-20-41-2/h30-33,36-38,40-43,49H,3-29,34-35,39H2,1-2H3/q+2. The van der Waals surface area contributed by atoms with Crippen LogP contribution in [0.5, 0.6) is 0 Å². The number of imidazole rings is 2. The summed E-state index contributed by atoms with van der Waals surface area (Å²) >= 11 is 0. The predicted molar refractivity (Wildman–Crippen MR) is 204 cm³/mol. The summed E-state index contributed by atoms with van der Waals surface area (Å²) in [5.74, 6) is 0. The minimum absolute atomic E-state index is 0.352. The molecule has 0 spiro atoms. The minimum atomic E-state index is -0.352. The van der Waals surface area contributed by atoms with E-state index in [1.54, 1.807) is 0 Å². The lowest BCUT2D eigenvalue weighted by Gasteiger charge is -2.22. The van der Waals surface area contributed by atoms with E-state index in [0.717, 1.165) is 97.8 Å². The van der Waals surface area contributed by atoms with E-state index in [4.69, 9.17) is 5.73 Å². The highest BCUT2D eigenvalue weighted by molar-refractivity contribution is 4.68. The van der Waals surface area contributed by atoms with E-state index in [1.807, 2.05) is 14.1 Å². The molecule has 11 heteroatoms. The summed E-state index contributed by atoms with van der Waals surface area (Å²) < 4.78 is 9.27. The smallest absolute Gasteiger partial charge is 0.243 e. The van der Waals surface area contributed by atoms with E-state index < -0.39 is 0 Å². The van der Waals surface area contributed by atoms with Crippen molar-refractivity contribution in [2.45, 2.75) is 129 Å². The Kier molecular flexibility index (Phi) is 27.3. The van der Waals surface area contributed by atoms with Crippen LogP contribution in [0.25, 0.3) is 0 Å². The van der Waals surface area contributed by atoms with Crippen LogP contribution in [0.4, 0.5) is 0 Å². The molecular weight excluding hydrogens is 612 g/mol. The molecule has 1 unspecified atom stereocenters. The second-order valence-electron chi connectivity index (χ2n) is 14.0. The first-order valence-corrected chi connectivity index (χ1v) is 20.1. The number of aliphatic hydroxyl groups excluding tert-OH is 1. The van der Waals surface area contributed by atoms with Gasteiger partial charge in [0, 0.05) is 13.1 Å². The zero-order valence-electron chi connectivity index (χ0n) is 31.8. The van der Waals surface area contributed by atoms with Gasteiger partial charge in [-0.05, 0) is 124 Å². The van der Waals surface area contributed by atoms with Crippen molar-refractivity contribution in [3.63, 3.8) is 0 Å². The van der Waals surface area contributed by atoms with Crippen molar-refractivity contribution in [2.24, 2.45) is 5.73 Å². The molecule has 0 fully saturated rings. The molecule has 2 aromatic heterocycles. The third kappa shape index (κ3) is 24.0. The molecule has 1 atom stereocenters. The van der Waals surface area contributed by atoms with Gasteiger partial charge in [0.15, 0.2) is 0 Å². The van der Waals surface area contributed by atoms with Gasteiger partial charge in [-0.1, -0.05) is 38.5 Å². The van der Waals surface area contributed by atoms with Crippen LogP contribution in [0, 0.1) is 0 Å². The number of rotatable bonds is 36. The number of nitrogens with zero attached hydrogens (tertiary/aromatic N) is 5. The van der Waals surface area contributed by atoms with Gasteiger partial charge in [0.25, 0.3) is 0 Å². The number of aromatic nitrogens is 4. The van der Waals surface area contributed by atoms with E-state index in [0.29, 0.717) is 13.1 Å². The Morgan fingerprint density at radius 3 is 1.53 bits per heavy atom. The maximum absolute atomic E-state index is 10.3. The number of nitrogens with one attached hydrogen (secondary N) is 4. The highest BCUT2D eigenvalue weighted by atomic mass is 16.3. The fraction of sp³-hybridized carbons (Fsp3) is 0.842. The summed E-state index contributed by atoms with van der Waals surface area (Å²) in [6.45, 7) is 13.7. The number of hydrogen-bond donors (Lipinski definition) is 6. The molecule has 0 aliphatic rings. The maximum atomic E-state index is 10.3. The maximum Gasteiger partial charge on any atom is 0.243 e. The lowest BCUT2D eigenvalue weighted by atomic mass is 10.1. The SMILES string of the molecule is CNCCCN(CCCN)CCCNCC(O)CNCCC[n+]1ccn(CCCCCCCCCCCCn2cc[n+](CCCNC)c2)c1. The fourth-order valence-electron chi connectivity index (χ4n) is 6.40. The number of aliphatic hydroxyl groups is 1. The second-order valence-corrected chi connectivity index (χ2v) is 14.0. The second kappa shape index (κ2) is 30.9. The molecular formula is C38H78N10O+2. The van der Waals surface area contributed by atoms with Crippen LogP contribution >= 0.6 is 0 Å². The van der Waals surface area contributed by atoms with Crippen LogP contribution < -0.4 is 36.1 Å². The molecule has 11 nitrogen and oxygen atoms in total. The van der Waals surface area contributed by atoms with Crippen molar-refractivity contribution in [2.75, 3.05) is 79.5 Å². The lowest BCUT2D eigenvalue weighted by Crippen LogP contribution is -2.38. The molecule has 0 radical (unpaired) electrons. The van der Waals surface area contributed by atoms with Gasteiger partial charge in [-0.25, -0.2) is 18.3 Å². The molecule has 0 bridgehead atoms. The number of aryl methyl sites for hydroxylation is 4. The molecule has 0 aliphatic heterocycles. The molecule has 0 amide bonds. The first-order chi connectivity index (χ1) is 24.1. The Bertz CT molecular complexity index is 983. The molecule has 0 saturated carbocycles. The topological polar surface area (TPSA) is 115 Å². The molecule has 0 aliphatic carbocycles. The normalized spacial score (nSPS) is 12.4. The quantitative estimate of drug-likeness (QED) is 0.0482. The van der Waals surface area contributed by atoms with Gasteiger partial charge in [0.1, 0.15) is 24.8 Å². The van der Waals surface area contributed by atoms with Crippen LogP contribution in [0.1, 0.15) is 96.3 Å². The third-order valence-electron chi connectivity index (χ3n) is 9.36. The van der Waals surface area contributed by atoms with Crippen molar-refractivity contribution in [1.29, 1.82) is 0 Å². The van der Waals surface area contributed by atoms with E-state index >= 15 is 0 Å². The fourth-order valence-corrected chi connectivity index (χ4v) is 6.40. The van der Waals surface area contributed by atoms with Crippen LogP contribution in [-0.2, 0) is 26.2 Å². The number of nitrogens with two attached hydrogens (primary N) is 1. The van der Waals surface area contributed by atoms with E-state index in [2.05, 4.69) is 81.9 Å². The van der Waals surface area contributed by atoms with Gasteiger partial charge < -0.3 is 37.0 Å². The summed E-state index contributed by atoms with van der Waals surface area (Å²) in [7, 11) is 4.02. The number of unbranched alkanes of at least 4 members (excludes halogenated alkanes) is 9. The molecule has 7 N–H and O–H groups in total.